The highest BCUT2D eigenvalue weighted by Crippen LogP contribution is 2.24. The van der Waals surface area contributed by atoms with Crippen LogP contribution in [0, 0.1) is 0 Å². The van der Waals surface area contributed by atoms with Gasteiger partial charge in [-0.05, 0) is 48.4 Å². The molecule has 0 aromatic heterocycles. The van der Waals surface area contributed by atoms with Crippen LogP contribution in [0.5, 0.6) is 5.75 Å². The molecule has 2 nitrogen and oxygen atoms in total. The largest absolute Gasteiger partial charge is 0.508 e. The number of aromatic hydroxyl groups is 1. The molecule has 0 spiro atoms. The minimum Gasteiger partial charge on any atom is -0.508 e. The van der Waals surface area contributed by atoms with Crippen LogP contribution in [-0.4, -0.2) is 11.7 Å². The minimum atomic E-state index is 0.213. The summed E-state index contributed by atoms with van der Waals surface area (Å²) in [6.07, 6.45) is 0.797. The van der Waals surface area contributed by atoms with Crippen LogP contribution in [0.4, 0.5) is 0 Å². The number of phenols is 1. The number of hydrogen-bond acceptors (Lipinski definition) is 2. The number of halogens is 1. The van der Waals surface area contributed by atoms with Gasteiger partial charge in [0.15, 0.2) is 0 Å². The van der Waals surface area contributed by atoms with Gasteiger partial charge < -0.3 is 10.8 Å². The fourth-order valence-corrected chi connectivity index (χ4v) is 2.26. The van der Waals surface area contributed by atoms with Gasteiger partial charge in [-0.15, -0.1) is 0 Å². The van der Waals surface area contributed by atoms with Gasteiger partial charge >= 0.3 is 0 Å². The molecule has 0 fully saturated rings. The summed E-state index contributed by atoms with van der Waals surface area (Å²) in [5, 5.41) is 10.2. The third kappa shape index (κ3) is 3.25. The average molecular weight is 262 g/mol. The molecule has 0 saturated carbocycles. The normalized spacial score (nSPS) is 12.3. The van der Waals surface area contributed by atoms with Crippen molar-refractivity contribution in [2.45, 2.75) is 12.3 Å². The molecule has 3 heteroatoms. The summed E-state index contributed by atoms with van der Waals surface area (Å²) < 4.78 is 0. The smallest absolute Gasteiger partial charge is 0.115 e. The first-order valence-corrected chi connectivity index (χ1v) is 6.30. The fourth-order valence-electron chi connectivity index (χ4n) is 2.07. The number of phenolic OH excluding ortho intramolecular Hbond substituents is 1. The van der Waals surface area contributed by atoms with Gasteiger partial charge in [0.25, 0.3) is 0 Å². The highest BCUT2D eigenvalue weighted by Gasteiger charge is 2.11. The SMILES string of the molecule is NCC(Cc1cccc(O)c1)c1cccc(Cl)c1. The molecule has 0 aliphatic heterocycles. The summed E-state index contributed by atoms with van der Waals surface area (Å²) in [5.41, 5.74) is 8.04. The predicted molar refractivity (Wildman–Crippen MR) is 75.1 cm³/mol. The van der Waals surface area contributed by atoms with Crippen LogP contribution >= 0.6 is 11.6 Å². The maximum absolute atomic E-state index is 9.46. The monoisotopic (exact) mass is 261 g/mol. The zero-order valence-electron chi connectivity index (χ0n) is 10.0. The second-order valence-electron chi connectivity index (χ2n) is 4.36. The van der Waals surface area contributed by atoms with E-state index in [-0.39, 0.29) is 11.7 Å². The Hall–Kier alpha value is -1.51. The summed E-state index contributed by atoms with van der Waals surface area (Å²) in [6, 6.07) is 15.0. The van der Waals surface area contributed by atoms with Crippen molar-refractivity contribution < 1.29 is 5.11 Å². The van der Waals surface area contributed by atoms with Crippen molar-refractivity contribution in [1.29, 1.82) is 0 Å². The molecule has 0 aliphatic rings. The lowest BCUT2D eigenvalue weighted by molar-refractivity contribution is 0.474. The maximum Gasteiger partial charge on any atom is 0.115 e. The standard InChI is InChI=1S/C15H16ClNO/c16-14-5-2-4-12(9-14)13(10-17)7-11-3-1-6-15(18)8-11/h1-6,8-9,13,18H,7,10,17H2. The van der Waals surface area contributed by atoms with E-state index in [2.05, 4.69) is 0 Å². The summed E-state index contributed by atoms with van der Waals surface area (Å²) in [5.74, 6) is 0.500. The van der Waals surface area contributed by atoms with Gasteiger partial charge in [0.2, 0.25) is 0 Å². The zero-order valence-corrected chi connectivity index (χ0v) is 10.8. The average Bonchev–Trinajstić information content (AvgIpc) is 2.36. The Morgan fingerprint density at radius 2 is 1.89 bits per heavy atom. The Morgan fingerprint density at radius 1 is 1.11 bits per heavy atom. The van der Waals surface area contributed by atoms with Gasteiger partial charge in [-0.1, -0.05) is 35.9 Å². The molecular weight excluding hydrogens is 246 g/mol. The van der Waals surface area contributed by atoms with Crippen molar-refractivity contribution in [2.75, 3.05) is 6.54 Å². The second-order valence-corrected chi connectivity index (χ2v) is 4.80. The van der Waals surface area contributed by atoms with Crippen molar-refractivity contribution in [3.8, 4) is 5.75 Å². The molecule has 0 radical (unpaired) electrons. The first kappa shape index (κ1) is 12.9. The lowest BCUT2D eigenvalue weighted by Gasteiger charge is -2.15. The van der Waals surface area contributed by atoms with E-state index in [0.29, 0.717) is 6.54 Å². The maximum atomic E-state index is 9.46. The molecule has 1 atom stereocenters. The Labute approximate surface area is 112 Å². The van der Waals surface area contributed by atoms with Crippen molar-refractivity contribution in [2.24, 2.45) is 5.73 Å². The Balaban J connectivity index is 2.19. The van der Waals surface area contributed by atoms with E-state index in [4.69, 9.17) is 17.3 Å². The number of hydrogen-bond donors (Lipinski definition) is 2. The van der Waals surface area contributed by atoms with Gasteiger partial charge in [0, 0.05) is 10.9 Å². The second kappa shape index (κ2) is 5.89. The summed E-state index contributed by atoms with van der Waals surface area (Å²) in [4.78, 5) is 0. The Bertz CT molecular complexity index is 527. The van der Waals surface area contributed by atoms with E-state index in [9.17, 15) is 5.11 Å². The molecule has 0 saturated heterocycles. The van der Waals surface area contributed by atoms with E-state index < -0.39 is 0 Å². The van der Waals surface area contributed by atoms with Crippen LogP contribution in [-0.2, 0) is 6.42 Å². The third-order valence-electron chi connectivity index (χ3n) is 3.00. The molecule has 0 bridgehead atoms. The van der Waals surface area contributed by atoms with Crippen molar-refractivity contribution in [3.63, 3.8) is 0 Å². The quantitative estimate of drug-likeness (QED) is 0.887. The summed E-state index contributed by atoms with van der Waals surface area (Å²) in [6.45, 7) is 0.552. The highest BCUT2D eigenvalue weighted by atomic mass is 35.5. The molecule has 2 aromatic rings. The van der Waals surface area contributed by atoms with E-state index in [1.165, 1.54) is 0 Å². The molecule has 18 heavy (non-hydrogen) atoms. The van der Waals surface area contributed by atoms with E-state index in [1.54, 1.807) is 12.1 Å². The van der Waals surface area contributed by atoms with Crippen LogP contribution in [0.2, 0.25) is 5.02 Å². The third-order valence-corrected chi connectivity index (χ3v) is 3.23. The number of nitrogens with two attached hydrogens (primary N) is 1. The topological polar surface area (TPSA) is 46.2 Å². The van der Waals surface area contributed by atoms with Crippen LogP contribution in [0.3, 0.4) is 0 Å². The molecular formula is C15H16ClNO. The van der Waals surface area contributed by atoms with Crippen molar-refractivity contribution >= 4 is 11.6 Å². The predicted octanol–water partition coefficient (Wildman–Crippen LogP) is 3.33. The van der Waals surface area contributed by atoms with Crippen molar-refractivity contribution in [3.05, 3.63) is 64.7 Å². The zero-order chi connectivity index (χ0) is 13.0. The van der Waals surface area contributed by atoms with Gasteiger partial charge in [-0.2, -0.15) is 0 Å². The molecule has 94 valence electrons. The summed E-state index contributed by atoms with van der Waals surface area (Å²) >= 11 is 5.99. The lowest BCUT2D eigenvalue weighted by atomic mass is 9.92. The molecule has 0 amide bonds. The molecule has 3 N–H and O–H groups in total. The first-order chi connectivity index (χ1) is 8.69. The van der Waals surface area contributed by atoms with Gasteiger partial charge in [0.1, 0.15) is 5.75 Å². The van der Waals surface area contributed by atoms with E-state index >= 15 is 0 Å². The Morgan fingerprint density at radius 3 is 2.56 bits per heavy atom. The molecule has 2 aromatic carbocycles. The van der Waals surface area contributed by atoms with Crippen LogP contribution < -0.4 is 5.73 Å². The highest BCUT2D eigenvalue weighted by molar-refractivity contribution is 6.30. The number of benzene rings is 2. The van der Waals surface area contributed by atoms with Crippen LogP contribution in [0.15, 0.2) is 48.5 Å². The minimum absolute atomic E-state index is 0.213. The molecule has 1 unspecified atom stereocenters. The lowest BCUT2D eigenvalue weighted by Crippen LogP contribution is -2.15. The molecule has 0 aliphatic carbocycles. The van der Waals surface area contributed by atoms with Gasteiger partial charge in [-0.25, -0.2) is 0 Å². The molecule has 0 heterocycles. The van der Waals surface area contributed by atoms with Crippen molar-refractivity contribution in [1.82, 2.24) is 0 Å². The van der Waals surface area contributed by atoms with Crippen LogP contribution in [0.1, 0.15) is 17.0 Å². The van der Waals surface area contributed by atoms with Crippen LogP contribution in [0.25, 0.3) is 0 Å². The first-order valence-electron chi connectivity index (χ1n) is 5.92. The fraction of sp³-hybridized carbons (Fsp3) is 0.200. The van der Waals surface area contributed by atoms with Gasteiger partial charge in [-0.3, -0.25) is 0 Å². The van der Waals surface area contributed by atoms with E-state index in [0.717, 1.165) is 22.6 Å². The summed E-state index contributed by atoms with van der Waals surface area (Å²) in [7, 11) is 0. The van der Waals surface area contributed by atoms with Gasteiger partial charge in [0.05, 0.1) is 0 Å². The number of rotatable bonds is 4. The molecule has 2 rings (SSSR count). The van der Waals surface area contributed by atoms with E-state index in [1.807, 2.05) is 36.4 Å². The Kier molecular flexibility index (Phi) is 4.24.